The number of carbonyl (C=O) groups is 2. The quantitative estimate of drug-likeness (QED) is 0.382. The molecule has 1 aliphatic carbocycles. The number of carbonyl (C=O) groups excluding carboxylic acids is 2. The highest BCUT2D eigenvalue weighted by molar-refractivity contribution is 6.07. The van der Waals surface area contributed by atoms with Crippen LogP contribution in [0.5, 0.6) is 0 Å². The van der Waals surface area contributed by atoms with Crippen LogP contribution in [0.4, 0.5) is 11.4 Å². The van der Waals surface area contributed by atoms with Crippen LogP contribution in [0.2, 0.25) is 0 Å². The molecule has 2 amide bonds. The van der Waals surface area contributed by atoms with E-state index in [2.05, 4.69) is 16.0 Å². The molecule has 2 aromatic carbocycles. The van der Waals surface area contributed by atoms with Crippen molar-refractivity contribution in [2.75, 3.05) is 5.01 Å². The van der Waals surface area contributed by atoms with E-state index in [1.165, 1.54) is 6.26 Å². The van der Waals surface area contributed by atoms with E-state index in [1.54, 1.807) is 17.1 Å². The number of hydrogen-bond donors (Lipinski definition) is 2. The number of rotatable bonds is 6. The van der Waals surface area contributed by atoms with E-state index >= 15 is 0 Å². The Balaban J connectivity index is 1.42. The maximum Gasteiger partial charge on any atom is 0.307 e. The molecule has 8 heteroatoms. The van der Waals surface area contributed by atoms with Crippen molar-refractivity contribution in [3.63, 3.8) is 0 Å². The molecule has 0 saturated carbocycles. The van der Waals surface area contributed by atoms with Gasteiger partial charge in [-0.1, -0.05) is 36.4 Å². The standard InChI is InChI=1S/C27H24N4O4/c1-18-24-21(28-29-26(32)23-16-9-17-34-23)14-8-15-22(24)35-25(18)27(33)30-31(19-10-4-2-5-11-19)20-12-6-3-7-13-20/h2-7,9-13,16-17H,8,14-15H2,1H3,(H,29,32)(H,30,33)/b28-21+. The topological polar surface area (TPSA) is 100 Å². The van der Waals surface area contributed by atoms with E-state index in [4.69, 9.17) is 8.83 Å². The predicted molar refractivity (Wildman–Crippen MR) is 132 cm³/mol. The van der Waals surface area contributed by atoms with Gasteiger partial charge in [0, 0.05) is 17.5 Å². The second kappa shape index (κ2) is 9.72. The highest BCUT2D eigenvalue weighted by atomic mass is 16.4. The van der Waals surface area contributed by atoms with Crippen molar-refractivity contribution in [2.45, 2.75) is 26.2 Å². The number of nitrogens with one attached hydrogen (secondary N) is 2. The molecule has 1 aliphatic rings. The average Bonchev–Trinajstić information content (AvgIpc) is 3.56. The van der Waals surface area contributed by atoms with Crippen LogP contribution in [-0.4, -0.2) is 17.5 Å². The highest BCUT2D eigenvalue weighted by Gasteiger charge is 2.29. The molecule has 0 spiro atoms. The van der Waals surface area contributed by atoms with E-state index in [-0.39, 0.29) is 17.4 Å². The normalized spacial score (nSPS) is 13.8. The number of hydrazone groups is 1. The number of hydrazine groups is 1. The fourth-order valence-corrected chi connectivity index (χ4v) is 4.16. The molecule has 0 atom stereocenters. The first-order valence-electron chi connectivity index (χ1n) is 11.4. The van der Waals surface area contributed by atoms with Crippen molar-refractivity contribution in [2.24, 2.45) is 5.10 Å². The molecule has 2 heterocycles. The molecule has 5 rings (SSSR count). The summed E-state index contributed by atoms with van der Waals surface area (Å²) in [5, 5.41) is 6.05. The molecule has 2 aromatic heterocycles. The number of fused-ring (bicyclic) bond motifs is 1. The minimum absolute atomic E-state index is 0.177. The Morgan fingerprint density at radius 1 is 0.886 bits per heavy atom. The monoisotopic (exact) mass is 468 g/mol. The summed E-state index contributed by atoms with van der Waals surface area (Å²) in [6.07, 6.45) is 3.58. The van der Waals surface area contributed by atoms with Gasteiger partial charge in [-0.05, 0) is 56.2 Å². The first-order valence-corrected chi connectivity index (χ1v) is 11.4. The molecule has 0 fully saturated rings. The predicted octanol–water partition coefficient (Wildman–Crippen LogP) is 5.13. The van der Waals surface area contributed by atoms with Crippen LogP contribution in [0.1, 0.15) is 50.8 Å². The summed E-state index contributed by atoms with van der Waals surface area (Å²) in [5.41, 5.74) is 9.27. The largest absolute Gasteiger partial charge is 0.459 e. The molecular formula is C27H24N4O4. The summed E-state index contributed by atoms with van der Waals surface area (Å²) in [6, 6.07) is 22.4. The lowest BCUT2D eigenvalue weighted by atomic mass is 9.93. The summed E-state index contributed by atoms with van der Waals surface area (Å²) < 4.78 is 11.1. The van der Waals surface area contributed by atoms with E-state index in [1.807, 2.05) is 67.6 Å². The smallest absolute Gasteiger partial charge is 0.307 e. The van der Waals surface area contributed by atoms with Crippen molar-refractivity contribution in [1.29, 1.82) is 0 Å². The van der Waals surface area contributed by atoms with Crippen molar-refractivity contribution >= 4 is 28.9 Å². The summed E-state index contributed by atoms with van der Waals surface area (Å²) in [5.74, 6) is 0.282. The summed E-state index contributed by atoms with van der Waals surface area (Å²) >= 11 is 0. The number of anilines is 2. The SMILES string of the molecule is Cc1c(C(=O)NN(c2ccccc2)c2ccccc2)oc2c1/C(=N/NC(=O)c1ccco1)CCC2. The zero-order valence-electron chi connectivity index (χ0n) is 19.2. The first kappa shape index (κ1) is 22.2. The Hall–Kier alpha value is -4.59. The lowest BCUT2D eigenvalue weighted by molar-refractivity contribution is 0.0918. The van der Waals surface area contributed by atoms with Gasteiger partial charge in [0.2, 0.25) is 0 Å². The maximum absolute atomic E-state index is 13.4. The van der Waals surface area contributed by atoms with Gasteiger partial charge >= 0.3 is 11.8 Å². The number of amides is 2. The fourth-order valence-electron chi connectivity index (χ4n) is 4.16. The van der Waals surface area contributed by atoms with E-state index in [9.17, 15) is 9.59 Å². The van der Waals surface area contributed by atoms with Crippen LogP contribution >= 0.6 is 0 Å². The Kier molecular flexibility index (Phi) is 6.17. The zero-order valence-corrected chi connectivity index (χ0v) is 19.2. The molecule has 0 aliphatic heterocycles. The number of nitrogens with zero attached hydrogens (tertiary/aromatic N) is 2. The van der Waals surface area contributed by atoms with Crippen LogP contribution in [0.3, 0.4) is 0 Å². The van der Waals surface area contributed by atoms with E-state index < -0.39 is 5.91 Å². The third-order valence-corrected chi connectivity index (χ3v) is 5.81. The Morgan fingerprint density at radius 3 is 2.20 bits per heavy atom. The molecule has 4 aromatic rings. The van der Waals surface area contributed by atoms with Gasteiger partial charge in [0.15, 0.2) is 11.5 Å². The van der Waals surface area contributed by atoms with Crippen LogP contribution in [0, 0.1) is 6.92 Å². The van der Waals surface area contributed by atoms with Crippen LogP contribution in [-0.2, 0) is 6.42 Å². The van der Waals surface area contributed by atoms with E-state index in [0.29, 0.717) is 29.9 Å². The van der Waals surface area contributed by atoms with Crippen LogP contribution in [0.25, 0.3) is 0 Å². The maximum atomic E-state index is 13.4. The lowest BCUT2D eigenvalue weighted by Crippen LogP contribution is -2.39. The van der Waals surface area contributed by atoms with Crippen molar-refractivity contribution in [3.05, 3.63) is 107 Å². The van der Waals surface area contributed by atoms with Gasteiger partial charge in [-0.15, -0.1) is 0 Å². The average molecular weight is 469 g/mol. The van der Waals surface area contributed by atoms with Gasteiger partial charge in [0.1, 0.15) is 5.76 Å². The molecular weight excluding hydrogens is 444 g/mol. The number of benzene rings is 2. The molecule has 35 heavy (non-hydrogen) atoms. The van der Waals surface area contributed by atoms with Crippen molar-refractivity contribution in [1.82, 2.24) is 10.9 Å². The molecule has 0 unspecified atom stereocenters. The molecule has 176 valence electrons. The molecule has 0 radical (unpaired) electrons. The number of furan rings is 2. The highest BCUT2D eigenvalue weighted by Crippen LogP contribution is 2.30. The minimum atomic E-state index is -0.435. The minimum Gasteiger partial charge on any atom is -0.459 e. The number of hydrogen-bond acceptors (Lipinski definition) is 6. The van der Waals surface area contributed by atoms with Gasteiger partial charge in [-0.3, -0.25) is 20.0 Å². The number of para-hydroxylation sites is 2. The van der Waals surface area contributed by atoms with E-state index in [0.717, 1.165) is 23.4 Å². The third kappa shape index (κ3) is 4.59. The molecule has 0 bridgehead atoms. The zero-order chi connectivity index (χ0) is 24.2. The van der Waals surface area contributed by atoms with Gasteiger partial charge in [-0.25, -0.2) is 5.43 Å². The van der Waals surface area contributed by atoms with Crippen LogP contribution in [0.15, 0.2) is 93.0 Å². The molecule has 8 nitrogen and oxygen atoms in total. The van der Waals surface area contributed by atoms with Crippen molar-refractivity contribution in [3.8, 4) is 0 Å². The third-order valence-electron chi connectivity index (χ3n) is 5.81. The Morgan fingerprint density at radius 2 is 1.57 bits per heavy atom. The summed E-state index contributed by atoms with van der Waals surface area (Å²) in [4.78, 5) is 25.6. The Bertz CT molecular complexity index is 1320. The van der Waals surface area contributed by atoms with Gasteiger partial charge in [-0.2, -0.15) is 5.10 Å². The first-order chi connectivity index (χ1) is 17.1. The van der Waals surface area contributed by atoms with Crippen LogP contribution < -0.4 is 15.9 Å². The second-order valence-electron chi connectivity index (χ2n) is 8.13. The van der Waals surface area contributed by atoms with Gasteiger partial charge < -0.3 is 8.83 Å². The lowest BCUT2D eigenvalue weighted by Gasteiger charge is -2.25. The fraction of sp³-hybridized carbons (Fsp3) is 0.148. The second-order valence-corrected chi connectivity index (χ2v) is 8.13. The summed E-state index contributed by atoms with van der Waals surface area (Å²) in [6.45, 7) is 1.84. The summed E-state index contributed by atoms with van der Waals surface area (Å²) in [7, 11) is 0. The number of aryl methyl sites for hydroxylation is 1. The van der Waals surface area contributed by atoms with Gasteiger partial charge in [0.25, 0.3) is 0 Å². The van der Waals surface area contributed by atoms with Gasteiger partial charge in [0.05, 0.1) is 23.3 Å². The van der Waals surface area contributed by atoms with Crippen molar-refractivity contribution < 1.29 is 18.4 Å². The molecule has 0 saturated heterocycles. The molecule has 2 N–H and O–H groups in total. The Labute approximate surface area is 202 Å².